The fraction of sp³-hybridized carbons (Fsp3) is 0.182. The molecule has 0 radical (unpaired) electrons. The molecule has 0 bridgehead atoms. The maximum absolute atomic E-state index is 11.7. The summed E-state index contributed by atoms with van der Waals surface area (Å²) in [6.45, 7) is 0. The molecule has 1 atom stereocenters. The first-order valence-corrected chi connectivity index (χ1v) is 6.12. The average molecular weight is 264 g/mol. The first kappa shape index (κ1) is 12.5. The number of amides is 2. The largest absolute Gasteiger partial charge is 0.370 e. The van der Waals surface area contributed by atoms with Gasteiger partial charge in [-0.05, 0) is 18.2 Å². The number of hydrogen-bond donors (Lipinski definition) is 3. The lowest BCUT2D eigenvalue weighted by Gasteiger charge is -2.10. The number of thiazole rings is 1. The number of anilines is 1. The molecule has 0 saturated carbocycles. The van der Waals surface area contributed by atoms with Crippen LogP contribution in [0.4, 0.5) is 5.69 Å². The summed E-state index contributed by atoms with van der Waals surface area (Å²) in [5.41, 5.74) is 13.7. The molecule has 2 amide bonds. The molecule has 94 valence electrons. The molecular formula is C11H12N4O2S. The lowest BCUT2D eigenvalue weighted by atomic mass is 10.2. The summed E-state index contributed by atoms with van der Waals surface area (Å²) in [7, 11) is 0. The fourth-order valence-corrected chi connectivity index (χ4v) is 2.19. The second-order valence-electron chi connectivity index (χ2n) is 3.80. The van der Waals surface area contributed by atoms with Crippen LogP contribution in [-0.2, 0) is 9.59 Å². The van der Waals surface area contributed by atoms with E-state index >= 15 is 0 Å². The van der Waals surface area contributed by atoms with E-state index in [1.54, 1.807) is 17.6 Å². The number of fused-ring (bicyclic) bond motifs is 1. The molecule has 0 spiro atoms. The Kier molecular flexibility index (Phi) is 3.54. The normalized spacial score (nSPS) is 12.3. The van der Waals surface area contributed by atoms with E-state index in [-0.39, 0.29) is 6.42 Å². The molecule has 0 aliphatic heterocycles. The number of aromatic nitrogens is 1. The molecule has 5 N–H and O–H groups in total. The first-order valence-electron chi connectivity index (χ1n) is 5.24. The van der Waals surface area contributed by atoms with Crippen molar-refractivity contribution in [3.8, 4) is 0 Å². The van der Waals surface area contributed by atoms with Gasteiger partial charge in [-0.25, -0.2) is 4.98 Å². The lowest BCUT2D eigenvalue weighted by Crippen LogP contribution is -2.38. The van der Waals surface area contributed by atoms with Crippen LogP contribution >= 0.6 is 11.3 Å². The van der Waals surface area contributed by atoms with Gasteiger partial charge in [-0.1, -0.05) is 0 Å². The third kappa shape index (κ3) is 2.82. The minimum absolute atomic E-state index is 0.172. The third-order valence-electron chi connectivity index (χ3n) is 2.36. The van der Waals surface area contributed by atoms with Gasteiger partial charge in [0, 0.05) is 5.69 Å². The molecule has 2 aromatic rings. The molecule has 0 aliphatic carbocycles. The number of nitrogens with zero attached hydrogens (tertiary/aromatic N) is 1. The van der Waals surface area contributed by atoms with Crippen molar-refractivity contribution in [2.24, 2.45) is 11.5 Å². The number of primary amides is 1. The van der Waals surface area contributed by atoms with Crippen molar-refractivity contribution in [3.05, 3.63) is 23.7 Å². The van der Waals surface area contributed by atoms with Crippen LogP contribution in [0.25, 0.3) is 10.2 Å². The fourth-order valence-electron chi connectivity index (χ4n) is 1.48. The molecular weight excluding hydrogens is 252 g/mol. The van der Waals surface area contributed by atoms with Gasteiger partial charge in [0.25, 0.3) is 0 Å². The van der Waals surface area contributed by atoms with Crippen LogP contribution in [0.1, 0.15) is 6.42 Å². The SMILES string of the molecule is NC(=O)CC(N)C(=O)Nc1ccc2ncsc2c1. The Morgan fingerprint density at radius 1 is 1.44 bits per heavy atom. The summed E-state index contributed by atoms with van der Waals surface area (Å²) in [5, 5.41) is 2.64. The van der Waals surface area contributed by atoms with Crippen molar-refractivity contribution in [2.45, 2.75) is 12.5 Å². The van der Waals surface area contributed by atoms with Crippen LogP contribution in [0, 0.1) is 0 Å². The van der Waals surface area contributed by atoms with Crippen LogP contribution in [0.5, 0.6) is 0 Å². The second kappa shape index (κ2) is 5.11. The van der Waals surface area contributed by atoms with Gasteiger partial charge >= 0.3 is 0 Å². The molecule has 0 saturated heterocycles. The molecule has 2 rings (SSSR count). The molecule has 1 heterocycles. The van der Waals surface area contributed by atoms with Crippen LogP contribution in [0.2, 0.25) is 0 Å². The standard InChI is InChI=1S/C11H12N4O2S/c12-7(4-10(13)16)11(17)15-6-1-2-8-9(3-6)18-5-14-8/h1-3,5,7H,4,12H2,(H2,13,16)(H,15,17). The van der Waals surface area contributed by atoms with Crippen molar-refractivity contribution in [3.63, 3.8) is 0 Å². The maximum atomic E-state index is 11.7. The van der Waals surface area contributed by atoms with Gasteiger partial charge in [-0.3, -0.25) is 9.59 Å². The van der Waals surface area contributed by atoms with Gasteiger partial charge in [-0.2, -0.15) is 0 Å². The molecule has 1 aromatic heterocycles. The van der Waals surface area contributed by atoms with Crippen molar-refractivity contribution in [2.75, 3.05) is 5.32 Å². The van der Waals surface area contributed by atoms with Gasteiger partial charge in [0.1, 0.15) is 0 Å². The average Bonchev–Trinajstić information content (AvgIpc) is 2.75. The third-order valence-corrected chi connectivity index (χ3v) is 3.15. The molecule has 1 unspecified atom stereocenters. The molecule has 18 heavy (non-hydrogen) atoms. The zero-order valence-electron chi connectivity index (χ0n) is 9.42. The quantitative estimate of drug-likeness (QED) is 0.743. The molecule has 0 aliphatic rings. The van der Waals surface area contributed by atoms with E-state index in [9.17, 15) is 9.59 Å². The predicted octanol–water partition coefficient (Wildman–Crippen LogP) is 0.437. The Balaban J connectivity index is 2.08. The zero-order valence-corrected chi connectivity index (χ0v) is 10.2. The number of carbonyl (C=O) groups is 2. The summed E-state index contributed by atoms with van der Waals surface area (Å²) in [4.78, 5) is 26.5. The van der Waals surface area contributed by atoms with E-state index in [4.69, 9.17) is 11.5 Å². The van der Waals surface area contributed by atoms with E-state index < -0.39 is 17.9 Å². The van der Waals surface area contributed by atoms with Gasteiger partial charge in [0.2, 0.25) is 11.8 Å². The van der Waals surface area contributed by atoms with Crippen molar-refractivity contribution >= 4 is 39.1 Å². The highest BCUT2D eigenvalue weighted by Crippen LogP contribution is 2.21. The van der Waals surface area contributed by atoms with Crippen LogP contribution in [0.3, 0.4) is 0 Å². The van der Waals surface area contributed by atoms with E-state index in [0.717, 1.165) is 10.2 Å². The number of nitrogens with one attached hydrogen (secondary N) is 1. The molecule has 6 nitrogen and oxygen atoms in total. The van der Waals surface area contributed by atoms with Gasteiger partial charge < -0.3 is 16.8 Å². The highest BCUT2D eigenvalue weighted by Gasteiger charge is 2.16. The summed E-state index contributed by atoms with van der Waals surface area (Å²) in [5.74, 6) is -1.03. The lowest BCUT2D eigenvalue weighted by molar-refractivity contribution is -0.123. The number of rotatable bonds is 4. The molecule has 1 aromatic carbocycles. The van der Waals surface area contributed by atoms with E-state index in [2.05, 4.69) is 10.3 Å². The van der Waals surface area contributed by atoms with Crippen molar-refractivity contribution in [1.82, 2.24) is 4.98 Å². The summed E-state index contributed by atoms with van der Waals surface area (Å²) in [6.07, 6.45) is -0.172. The number of carbonyl (C=O) groups excluding carboxylic acids is 2. The maximum Gasteiger partial charge on any atom is 0.241 e. The van der Waals surface area contributed by atoms with Crippen molar-refractivity contribution in [1.29, 1.82) is 0 Å². The summed E-state index contributed by atoms with van der Waals surface area (Å²) >= 11 is 1.48. The smallest absolute Gasteiger partial charge is 0.241 e. The Morgan fingerprint density at radius 3 is 2.94 bits per heavy atom. The Labute approximate surface area is 107 Å². The molecule has 0 fully saturated rings. The summed E-state index contributed by atoms with van der Waals surface area (Å²) in [6, 6.07) is 4.42. The van der Waals surface area contributed by atoms with Gasteiger partial charge in [-0.15, -0.1) is 11.3 Å². The number of benzene rings is 1. The van der Waals surface area contributed by atoms with E-state index in [1.165, 1.54) is 11.3 Å². The second-order valence-corrected chi connectivity index (χ2v) is 4.69. The van der Waals surface area contributed by atoms with Crippen molar-refractivity contribution < 1.29 is 9.59 Å². The van der Waals surface area contributed by atoms with Gasteiger partial charge in [0.15, 0.2) is 0 Å². The van der Waals surface area contributed by atoms with E-state index in [0.29, 0.717) is 5.69 Å². The number of nitrogens with two attached hydrogens (primary N) is 2. The monoisotopic (exact) mass is 264 g/mol. The van der Waals surface area contributed by atoms with Crippen LogP contribution in [0.15, 0.2) is 23.7 Å². The minimum atomic E-state index is -0.931. The zero-order chi connectivity index (χ0) is 13.1. The Bertz CT molecular complexity index is 595. The van der Waals surface area contributed by atoms with E-state index in [1.807, 2.05) is 6.07 Å². The van der Waals surface area contributed by atoms with Crippen LogP contribution < -0.4 is 16.8 Å². The molecule has 7 heteroatoms. The summed E-state index contributed by atoms with van der Waals surface area (Å²) < 4.78 is 0.969. The Morgan fingerprint density at radius 2 is 2.22 bits per heavy atom. The highest BCUT2D eigenvalue weighted by molar-refractivity contribution is 7.16. The highest BCUT2D eigenvalue weighted by atomic mass is 32.1. The Hall–Kier alpha value is -1.99. The van der Waals surface area contributed by atoms with Gasteiger partial charge in [0.05, 0.1) is 28.2 Å². The topological polar surface area (TPSA) is 111 Å². The van der Waals surface area contributed by atoms with Crippen LogP contribution in [-0.4, -0.2) is 22.8 Å². The minimum Gasteiger partial charge on any atom is -0.370 e. The first-order chi connectivity index (χ1) is 8.56. The predicted molar refractivity (Wildman–Crippen MR) is 70.0 cm³/mol. The number of hydrogen-bond acceptors (Lipinski definition) is 5.